The molecular weight excluding hydrogens is 509 g/mol. The van der Waals surface area contributed by atoms with Crippen molar-refractivity contribution in [3.63, 3.8) is 0 Å². The van der Waals surface area contributed by atoms with E-state index in [4.69, 9.17) is 0 Å². The predicted molar refractivity (Wildman–Crippen MR) is 142 cm³/mol. The topological polar surface area (TPSA) is 74.8 Å². The quantitative estimate of drug-likeness (QED) is 0.267. The predicted octanol–water partition coefficient (Wildman–Crippen LogP) is 5.75. The molecule has 0 aliphatic heterocycles. The van der Waals surface area contributed by atoms with E-state index in [2.05, 4.69) is 0 Å². The van der Waals surface area contributed by atoms with Crippen molar-refractivity contribution in [2.24, 2.45) is 0 Å². The van der Waals surface area contributed by atoms with Crippen molar-refractivity contribution in [2.45, 2.75) is 75.0 Å². The molecule has 6 nitrogen and oxygen atoms in total. The highest BCUT2D eigenvalue weighted by molar-refractivity contribution is 8.76. The lowest BCUT2D eigenvalue weighted by Crippen LogP contribution is -2.37. The minimum atomic E-state index is -3.63. The molecule has 0 N–H and O–H groups in total. The van der Waals surface area contributed by atoms with E-state index >= 15 is 0 Å². The van der Waals surface area contributed by atoms with Crippen LogP contribution in [-0.2, 0) is 31.6 Å². The Balaban J connectivity index is 1.55. The molecule has 2 aliphatic rings. The summed E-state index contributed by atoms with van der Waals surface area (Å²) in [6.45, 7) is 0. The summed E-state index contributed by atoms with van der Waals surface area (Å²) in [6.07, 6.45) is 7.20. The molecule has 0 atom stereocenters. The fourth-order valence-corrected chi connectivity index (χ4v) is 12.6. The molecule has 0 saturated heterocycles. The Bertz CT molecular complexity index is 1020. The molecule has 0 unspecified atom stereocenters. The summed E-state index contributed by atoms with van der Waals surface area (Å²) < 4.78 is 56.9. The van der Waals surface area contributed by atoms with E-state index in [0.29, 0.717) is 0 Å². The second-order valence-corrected chi connectivity index (χ2v) is 15.2. The Hall–Kier alpha value is -1.04. The summed E-state index contributed by atoms with van der Waals surface area (Å²) >= 11 is 0. The van der Waals surface area contributed by atoms with Crippen molar-refractivity contribution in [1.82, 2.24) is 7.42 Å². The number of nitrogens with zero attached hydrogens (tertiary/aromatic N) is 2. The average Bonchev–Trinajstić information content (AvgIpc) is 3.52. The van der Waals surface area contributed by atoms with Gasteiger partial charge in [0.25, 0.3) is 0 Å². The molecule has 10 heteroatoms. The molecule has 34 heavy (non-hydrogen) atoms. The third kappa shape index (κ3) is 6.79. The van der Waals surface area contributed by atoms with Gasteiger partial charge in [0.1, 0.15) is 0 Å². The van der Waals surface area contributed by atoms with Crippen LogP contribution in [-0.4, -0.2) is 36.3 Å². The summed E-state index contributed by atoms with van der Waals surface area (Å²) in [5.74, 6) is -0.170. The molecule has 2 fully saturated rings. The van der Waals surface area contributed by atoms with Crippen LogP contribution in [0, 0.1) is 0 Å². The Morgan fingerprint density at radius 1 is 0.588 bits per heavy atom. The fraction of sp³-hybridized carbons (Fsp3) is 0.500. The van der Waals surface area contributed by atoms with E-state index in [9.17, 15) is 16.8 Å². The number of hydrogen-bond donors (Lipinski definition) is 0. The molecule has 2 aromatic carbocycles. The molecule has 2 aliphatic carbocycles. The van der Waals surface area contributed by atoms with Gasteiger partial charge in [-0.15, -0.1) is 7.42 Å². The van der Waals surface area contributed by atoms with Crippen molar-refractivity contribution < 1.29 is 16.8 Å². The van der Waals surface area contributed by atoms with Crippen LogP contribution in [0.3, 0.4) is 0 Å². The second kappa shape index (κ2) is 11.8. The molecule has 0 amide bonds. The largest absolute Gasteiger partial charge is 0.228 e. The van der Waals surface area contributed by atoms with E-state index in [-0.39, 0.29) is 23.6 Å². The summed E-state index contributed by atoms with van der Waals surface area (Å²) in [5.41, 5.74) is 1.47. The van der Waals surface area contributed by atoms with Gasteiger partial charge in [-0.1, -0.05) is 86.3 Å². The number of sulfonamides is 2. The minimum absolute atomic E-state index is 0.0852. The van der Waals surface area contributed by atoms with E-state index in [1.807, 2.05) is 60.7 Å². The van der Waals surface area contributed by atoms with Gasteiger partial charge in [-0.2, -0.15) is 0 Å². The summed E-state index contributed by atoms with van der Waals surface area (Å²) in [7, 11) is -5.08. The van der Waals surface area contributed by atoms with Crippen LogP contribution in [0.1, 0.15) is 62.5 Å². The molecule has 0 aromatic heterocycles. The third-order valence-corrected chi connectivity index (χ3v) is 13.9. The van der Waals surface area contributed by atoms with Crippen molar-refractivity contribution in [3.05, 3.63) is 71.8 Å². The van der Waals surface area contributed by atoms with E-state index in [1.165, 1.54) is 7.42 Å². The van der Waals surface area contributed by atoms with Crippen molar-refractivity contribution in [2.75, 3.05) is 0 Å². The zero-order chi connectivity index (χ0) is 24.0. The Kier molecular flexibility index (Phi) is 9.03. The zero-order valence-electron chi connectivity index (χ0n) is 19.2. The lowest BCUT2D eigenvalue weighted by atomic mass is 10.2. The van der Waals surface area contributed by atoms with Crippen LogP contribution in [0.2, 0.25) is 0 Å². The van der Waals surface area contributed by atoms with E-state index in [0.717, 1.165) is 84.5 Å². The van der Waals surface area contributed by atoms with Crippen molar-refractivity contribution in [3.8, 4) is 0 Å². The highest BCUT2D eigenvalue weighted by atomic mass is 33.1. The summed E-state index contributed by atoms with van der Waals surface area (Å²) in [6, 6.07) is 18.1. The van der Waals surface area contributed by atoms with Gasteiger partial charge >= 0.3 is 0 Å². The van der Waals surface area contributed by atoms with Crippen molar-refractivity contribution >= 4 is 42.0 Å². The smallest absolute Gasteiger partial charge is 0.211 e. The maximum absolute atomic E-state index is 13.5. The van der Waals surface area contributed by atoms with Gasteiger partial charge in [-0.3, -0.25) is 0 Å². The number of hydrogen-bond acceptors (Lipinski definition) is 6. The lowest BCUT2D eigenvalue weighted by Gasteiger charge is -2.31. The van der Waals surface area contributed by atoms with Gasteiger partial charge in [-0.05, 0) is 36.8 Å². The highest BCUT2D eigenvalue weighted by Crippen LogP contribution is 2.44. The molecule has 0 radical (unpaired) electrons. The minimum Gasteiger partial charge on any atom is -0.211 e. The van der Waals surface area contributed by atoms with Gasteiger partial charge < -0.3 is 0 Å². The van der Waals surface area contributed by atoms with Gasteiger partial charge in [0, 0.05) is 34.0 Å². The van der Waals surface area contributed by atoms with Gasteiger partial charge in [-0.25, -0.2) is 16.8 Å². The lowest BCUT2D eigenvalue weighted by molar-refractivity contribution is 0.459. The average molecular weight is 541 g/mol. The van der Waals surface area contributed by atoms with Gasteiger partial charge in [0.2, 0.25) is 20.0 Å². The molecule has 4 rings (SSSR count). The zero-order valence-corrected chi connectivity index (χ0v) is 22.4. The first-order chi connectivity index (χ1) is 16.4. The van der Waals surface area contributed by atoms with Crippen molar-refractivity contribution in [1.29, 1.82) is 0 Å². The maximum atomic E-state index is 13.5. The van der Waals surface area contributed by atoms with E-state index < -0.39 is 20.0 Å². The normalized spacial score (nSPS) is 18.3. The Labute approximate surface area is 212 Å². The fourth-order valence-electron chi connectivity index (χ4n) is 4.66. The summed E-state index contributed by atoms with van der Waals surface area (Å²) in [4.78, 5) is 0. The molecular formula is C24H32N2O4S4. The SMILES string of the molecule is O=S(=O)(Cc1ccccc1)N(SSN(C1CCCC1)S(=O)(=O)Cc1ccccc1)C1CCCC1. The molecule has 0 bridgehead atoms. The molecule has 0 spiro atoms. The molecule has 186 valence electrons. The summed E-state index contributed by atoms with van der Waals surface area (Å²) in [5, 5.41) is 0. The van der Waals surface area contributed by atoms with Crippen LogP contribution in [0.5, 0.6) is 0 Å². The standard InChI is InChI=1S/C24H32N2O4S4/c27-33(28,19-21-11-3-1-4-12-21)25(23-15-7-8-16-23)31-32-26(24-17-9-10-18-24)34(29,30)20-22-13-5-2-6-14-22/h1-6,11-14,23-24H,7-10,15-20H2. The molecule has 2 saturated carbocycles. The third-order valence-electron chi connectivity index (χ3n) is 6.36. The molecule has 0 heterocycles. The van der Waals surface area contributed by atoms with Crippen LogP contribution < -0.4 is 0 Å². The Morgan fingerprint density at radius 2 is 0.912 bits per heavy atom. The Morgan fingerprint density at radius 3 is 1.24 bits per heavy atom. The first-order valence-corrected chi connectivity index (χ1v) is 17.1. The highest BCUT2D eigenvalue weighted by Gasteiger charge is 2.38. The van der Waals surface area contributed by atoms with Crippen LogP contribution in [0.4, 0.5) is 0 Å². The first kappa shape index (κ1) is 26.0. The van der Waals surface area contributed by atoms with Gasteiger partial charge in [0.15, 0.2) is 0 Å². The van der Waals surface area contributed by atoms with E-state index in [1.54, 1.807) is 0 Å². The number of benzene rings is 2. The number of rotatable bonds is 11. The first-order valence-electron chi connectivity index (χ1n) is 11.8. The molecule has 2 aromatic rings. The second-order valence-electron chi connectivity index (χ2n) is 9.02. The van der Waals surface area contributed by atoms with Crippen LogP contribution in [0.25, 0.3) is 0 Å². The van der Waals surface area contributed by atoms with Crippen LogP contribution >= 0.6 is 22.0 Å². The van der Waals surface area contributed by atoms with Gasteiger partial charge in [0.05, 0.1) is 11.5 Å². The van der Waals surface area contributed by atoms with Crippen LogP contribution in [0.15, 0.2) is 60.7 Å². The maximum Gasteiger partial charge on any atom is 0.228 e. The monoisotopic (exact) mass is 540 g/mol.